The maximum Gasteiger partial charge on any atom is 0.330 e. The molecular formula is C23H24N4O2. The maximum atomic E-state index is 12.5. The number of hydrogen-bond donors (Lipinski definition) is 2. The highest BCUT2D eigenvalue weighted by Gasteiger charge is 2.19. The molecule has 0 bridgehead atoms. The van der Waals surface area contributed by atoms with Gasteiger partial charge in [0.25, 0.3) is 0 Å². The largest absolute Gasteiger partial charge is 0.330 e. The molecule has 3 aromatic rings. The summed E-state index contributed by atoms with van der Waals surface area (Å²) in [6.45, 7) is 1.75. The Morgan fingerprint density at radius 1 is 1.07 bits per heavy atom. The average Bonchev–Trinajstić information content (AvgIpc) is 3.31. The van der Waals surface area contributed by atoms with Gasteiger partial charge in [0.1, 0.15) is 0 Å². The molecule has 5 rings (SSSR count). The van der Waals surface area contributed by atoms with Gasteiger partial charge >= 0.3 is 5.69 Å². The molecule has 2 heterocycles. The Balaban J connectivity index is 1.24. The smallest absolute Gasteiger partial charge is 0.325 e. The molecule has 1 amide bonds. The minimum absolute atomic E-state index is 0.00376. The lowest BCUT2D eigenvalue weighted by molar-refractivity contribution is -0.117. The number of aromatic amines is 1. The van der Waals surface area contributed by atoms with Crippen LogP contribution in [0.3, 0.4) is 0 Å². The summed E-state index contributed by atoms with van der Waals surface area (Å²) in [5.74, 6) is 0.00376. The molecule has 6 heteroatoms. The highest BCUT2D eigenvalue weighted by molar-refractivity contribution is 5.92. The van der Waals surface area contributed by atoms with Crippen LogP contribution in [0.4, 0.5) is 5.69 Å². The summed E-state index contributed by atoms with van der Waals surface area (Å²) in [6.07, 6.45) is 6.23. The van der Waals surface area contributed by atoms with Crippen molar-refractivity contribution in [3.63, 3.8) is 0 Å². The molecular weight excluding hydrogens is 364 g/mol. The Bertz CT molecular complexity index is 1170. The van der Waals surface area contributed by atoms with E-state index < -0.39 is 0 Å². The number of imidazole rings is 1. The van der Waals surface area contributed by atoms with E-state index >= 15 is 0 Å². The van der Waals surface area contributed by atoms with E-state index in [-0.39, 0.29) is 11.6 Å². The lowest BCUT2D eigenvalue weighted by Gasteiger charge is -2.26. The Hall–Kier alpha value is -3.12. The van der Waals surface area contributed by atoms with Crippen LogP contribution < -0.4 is 11.0 Å². The molecule has 0 saturated heterocycles. The molecule has 2 N–H and O–H groups in total. The molecule has 0 spiro atoms. The molecule has 1 aromatic heterocycles. The van der Waals surface area contributed by atoms with Gasteiger partial charge in [0.05, 0.1) is 17.6 Å². The molecule has 0 saturated carbocycles. The molecule has 1 aliphatic carbocycles. The van der Waals surface area contributed by atoms with Crippen molar-refractivity contribution in [1.29, 1.82) is 0 Å². The first kappa shape index (κ1) is 17.9. The number of carbonyl (C=O) groups is 1. The van der Waals surface area contributed by atoms with E-state index in [2.05, 4.69) is 27.3 Å². The summed E-state index contributed by atoms with van der Waals surface area (Å²) in [5, 5.41) is 3.03. The van der Waals surface area contributed by atoms with Crippen LogP contribution in [0.2, 0.25) is 0 Å². The molecule has 1 aliphatic heterocycles. The quantitative estimate of drug-likeness (QED) is 0.722. The summed E-state index contributed by atoms with van der Waals surface area (Å²) < 4.78 is 1.75. The SMILES string of the molecule is O=C(CN1CC=C(n2c(=O)[nH]c3ccccc32)CC1)Nc1ccc2c(c1)CCC2. The Morgan fingerprint density at radius 3 is 2.79 bits per heavy atom. The average molecular weight is 388 g/mol. The van der Waals surface area contributed by atoms with Gasteiger partial charge in [-0.1, -0.05) is 24.3 Å². The molecule has 148 valence electrons. The Kier molecular flexibility index (Phi) is 4.56. The number of rotatable bonds is 4. The van der Waals surface area contributed by atoms with E-state index in [1.54, 1.807) is 4.57 Å². The van der Waals surface area contributed by atoms with Gasteiger partial charge in [0, 0.05) is 30.9 Å². The highest BCUT2D eigenvalue weighted by atomic mass is 16.2. The Labute approximate surface area is 168 Å². The fraction of sp³-hybridized carbons (Fsp3) is 0.304. The zero-order valence-electron chi connectivity index (χ0n) is 16.3. The van der Waals surface area contributed by atoms with Gasteiger partial charge in [-0.05, 0) is 54.7 Å². The maximum absolute atomic E-state index is 12.5. The third kappa shape index (κ3) is 3.51. The second-order valence-electron chi connectivity index (χ2n) is 7.85. The van der Waals surface area contributed by atoms with Crippen LogP contribution >= 0.6 is 0 Å². The summed E-state index contributed by atoms with van der Waals surface area (Å²) in [5.41, 5.74) is 6.26. The topological polar surface area (TPSA) is 70.1 Å². The number of hydrogen-bond acceptors (Lipinski definition) is 3. The number of H-pyrrole nitrogens is 1. The summed E-state index contributed by atoms with van der Waals surface area (Å²) >= 11 is 0. The first-order valence-electron chi connectivity index (χ1n) is 10.2. The fourth-order valence-corrected chi connectivity index (χ4v) is 4.44. The van der Waals surface area contributed by atoms with Gasteiger partial charge in [-0.15, -0.1) is 0 Å². The molecule has 6 nitrogen and oxygen atoms in total. The molecule has 0 fully saturated rings. The minimum atomic E-state index is -0.111. The number of para-hydroxylation sites is 2. The third-order valence-electron chi connectivity index (χ3n) is 5.90. The number of carbonyl (C=O) groups excluding carboxylic acids is 1. The molecule has 0 atom stereocenters. The second-order valence-corrected chi connectivity index (χ2v) is 7.85. The monoisotopic (exact) mass is 388 g/mol. The third-order valence-corrected chi connectivity index (χ3v) is 5.90. The zero-order chi connectivity index (χ0) is 19.8. The van der Waals surface area contributed by atoms with E-state index in [0.29, 0.717) is 13.1 Å². The fourth-order valence-electron chi connectivity index (χ4n) is 4.44. The normalized spacial score (nSPS) is 16.6. The van der Waals surface area contributed by atoms with Gasteiger partial charge in [0.15, 0.2) is 0 Å². The van der Waals surface area contributed by atoms with Crippen molar-refractivity contribution in [2.24, 2.45) is 0 Å². The van der Waals surface area contributed by atoms with Crippen LogP contribution in [0.15, 0.2) is 53.3 Å². The van der Waals surface area contributed by atoms with Crippen LogP contribution in [0.25, 0.3) is 16.7 Å². The van der Waals surface area contributed by atoms with Crippen molar-refractivity contribution in [2.75, 3.05) is 25.0 Å². The van der Waals surface area contributed by atoms with Crippen LogP contribution in [0, 0.1) is 0 Å². The van der Waals surface area contributed by atoms with Crippen LogP contribution in [-0.4, -0.2) is 40.0 Å². The van der Waals surface area contributed by atoms with E-state index in [9.17, 15) is 9.59 Å². The predicted octanol–water partition coefficient (Wildman–Crippen LogP) is 3.00. The van der Waals surface area contributed by atoms with Gasteiger partial charge in [0.2, 0.25) is 5.91 Å². The predicted molar refractivity (Wildman–Crippen MR) is 115 cm³/mol. The van der Waals surface area contributed by atoms with Gasteiger partial charge in [-0.25, -0.2) is 4.79 Å². The van der Waals surface area contributed by atoms with Gasteiger partial charge in [-0.2, -0.15) is 0 Å². The van der Waals surface area contributed by atoms with E-state index in [1.165, 1.54) is 17.5 Å². The van der Waals surface area contributed by atoms with Gasteiger partial charge in [-0.3, -0.25) is 14.3 Å². The lowest BCUT2D eigenvalue weighted by Crippen LogP contribution is -2.37. The van der Waals surface area contributed by atoms with Crippen molar-refractivity contribution in [3.05, 3.63) is 70.2 Å². The van der Waals surface area contributed by atoms with E-state index in [1.807, 2.05) is 36.4 Å². The van der Waals surface area contributed by atoms with Crippen molar-refractivity contribution >= 4 is 28.3 Å². The number of nitrogens with one attached hydrogen (secondary N) is 2. The number of fused-ring (bicyclic) bond motifs is 2. The van der Waals surface area contributed by atoms with Crippen LogP contribution in [0.1, 0.15) is 24.0 Å². The van der Waals surface area contributed by atoms with Gasteiger partial charge < -0.3 is 10.3 Å². The number of anilines is 1. The Morgan fingerprint density at radius 2 is 1.93 bits per heavy atom. The summed E-state index contributed by atoms with van der Waals surface area (Å²) in [7, 11) is 0. The molecule has 0 radical (unpaired) electrons. The first-order chi connectivity index (χ1) is 14.2. The summed E-state index contributed by atoms with van der Waals surface area (Å²) in [4.78, 5) is 29.9. The molecule has 0 unspecified atom stereocenters. The number of benzene rings is 2. The second kappa shape index (κ2) is 7.37. The standard InChI is InChI=1S/C23H24N4O2/c28-22(24-18-9-8-16-4-3-5-17(16)14-18)15-26-12-10-19(11-13-26)27-21-7-2-1-6-20(21)25-23(27)29/h1-2,6-10,14H,3-5,11-13,15H2,(H,24,28)(H,25,29). The molecule has 29 heavy (non-hydrogen) atoms. The van der Waals surface area contributed by atoms with Crippen molar-refractivity contribution in [1.82, 2.24) is 14.5 Å². The van der Waals surface area contributed by atoms with E-state index in [4.69, 9.17) is 0 Å². The highest BCUT2D eigenvalue weighted by Crippen LogP contribution is 2.25. The number of amides is 1. The van der Waals surface area contributed by atoms with Crippen molar-refractivity contribution in [2.45, 2.75) is 25.7 Å². The lowest BCUT2D eigenvalue weighted by atomic mass is 10.1. The molecule has 2 aliphatic rings. The molecule has 2 aromatic carbocycles. The van der Waals surface area contributed by atoms with Crippen LogP contribution in [0.5, 0.6) is 0 Å². The number of aryl methyl sites for hydroxylation is 2. The summed E-state index contributed by atoms with van der Waals surface area (Å²) in [6, 6.07) is 13.9. The van der Waals surface area contributed by atoms with Crippen molar-refractivity contribution < 1.29 is 4.79 Å². The first-order valence-corrected chi connectivity index (χ1v) is 10.2. The van der Waals surface area contributed by atoms with Crippen LogP contribution in [-0.2, 0) is 17.6 Å². The number of nitrogens with zero attached hydrogens (tertiary/aromatic N) is 2. The van der Waals surface area contributed by atoms with E-state index in [0.717, 1.165) is 48.2 Å². The zero-order valence-corrected chi connectivity index (χ0v) is 16.3. The number of aromatic nitrogens is 2. The minimum Gasteiger partial charge on any atom is -0.325 e. The van der Waals surface area contributed by atoms with Crippen molar-refractivity contribution in [3.8, 4) is 0 Å².